The van der Waals surface area contributed by atoms with Crippen LogP contribution < -0.4 is 24.5 Å². The van der Waals surface area contributed by atoms with Crippen LogP contribution in [0.1, 0.15) is 23.7 Å². The zero-order chi connectivity index (χ0) is 31.4. The minimum atomic E-state index is -1.29. The molecule has 0 spiro atoms. The third-order valence-electron chi connectivity index (χ3n) is 7.17. The molecule has 0 bridgehead atoms. The van der Waals surface area contributed by atoms with Crippen LogP contribution >= 0.6 is 11.8 Å². The number of anilines is 1. The fourth-order valence-corrected chi connectivity index (χ4v) is 5.69. The number of tetrazole rings is 1. The van der Waals surface area contributed by atoms with E-state index in [9.17, 15) is 19.5 Å². The Morgan fingerprint density at radius 2 is 1.75 bits per heavy atom. The first kappa shape index (κ1) is 30.5. The molecule has 4 heterocycles. The summed E-state index contributed by atoms with van der Waals surface area (Å²) in [5.41, 5.74) is 0.0497. The molecule has 0 aliphatic carbocycles. The van der Waals surface area contributed by atoms with Gasteiger partial charge in [0.2, 0.25) is 28.2 Å². The molecule has 1 aromatic carbocycles. The zero-order valence-corrected chi connectivity index (χ0v) is 25.4. The van der Waals surface area contributed by atoms with Crippen LogP contribution in [0.15, 0.2) is 34.5 Å². The van der Waals surface area contributed by atoms with E-state index in [4.69, 9.17) is 14.2 Å². The van der Waals surface area contributed by atoms with Crippen molar-refractivity contribution in [2.45, 2.75) is 25.0 Å². The maximum Gasteiger partial charge on any atom is 0.341 e. The molecule has 16 nitrogen and oxygen atoms in total. The van der Waals surface area contributed by atoms with Gasteiger partial charge in [-0.1, -0.05) is 11.8 Å². The molecule has 1 N–H and O–H groups in total. The third-order valence-corrected chi connectivity index (χ3v) is 8.09. The molecular weight excluding hydrogens is 594 g/mol. The molecule has 0 saturated carbocycles. The van der Waals surface area contributed by atoms with E-state index in [1.165, 1.54) is 45.5 Å². The quantitative estimate of drug-likeness (QED) is 0.236. The van der Waals surface area contributed by atoms with Gasteiger partial charge in [-0.05, 0) is 17.4 Å². The van der Waals surface area contributed by atoms with E-state index in [1.54, 1.807) is 26.3 Å². The van der Waals surface area contributed by atoms with Gasteiger partial charge in [0.25, 0.3) is 0 Å². The lowest BCUT2D eigenvalue weighted by molar-refractivity contribution is -0.131. The SMILES string of the molecule is CCn1cc(C(=O)O)c(=O)c2cnc(N3CCN(C(=O)CCSc4nnnn4-c4cc(OC)c(OC)c(OC)c4)CC3)nc21. The normalized spacial score (nSPS) is 13.3. The minimum Gasteiger partial charge on any atom is -0.493 e. The first-order valence-corrected chi connectivity index (χ1v) is 14.7. The van der Waals surface area contributed by atoms with Crippen LogP contribution in [0.3, 0.4) is 0 Å². The first-order valence-electron chi connectivity index (χ1n) is 13.7. The van der Waals surface area contributed by atoms with Crippen molar-refractivity contribution in [3.8, 4) is 22.9 Å². The number of piperazine rings is 1. The van der Waals surface area contributed by atoms with Gasteiger partial charge in [-0.25, -0.2) is 9.78 Å². The largest absolute Gasteiger partial charge is 0.493 e. The maximum atomic E-state index is 13.0. The standard InChI is InChI=1S/C27H31N9O7S/c1-5-33-15-18(25(39)40)22(38)17-14-28-26(29-24(17)33)35-9-7-34(8-10-35)21(37)6-11-44-27-30-31-32-36(27)16-12-19(41-2)23(43-4)20(13-16)42-3/h12-15H,5-11H2,1-4H3,(H,39,40). The summed E-state index contributed by atoms with van der Waals surface area (Å²) >= 11 is 1.36. The van der Waals surface area contributed by atoms with E-state index < -0.39 is 11.4 Å². The first-order chi connectivity index (χ1) is 21.3. The Morgan fingerprint density at radius 1 is 1.05 bits per heavy atom. The average molecular weight is 626 g/mol. The molecule has 0 atom stereocenters. The van der Waals surface area contributed by atoms with E-state index in [1.807, 2.05) is 11.8 Å². The monoisotopic (exact) mass is 625 g/mol. The molecule has 4 aromatic rings. The predicted octanol–water partition coefficient (Wildman–Crippen LogP) is 1.34. The summed E-state index contributed by atoms with van der Waals surface area (Å²) in [6.07, 6.45) is 2.97. The maximum absolute atomic E-state index is 13.0. The number of thioether (sulfide) groups is 1. The van der Waals surface area contributed by atoms with Gasteiger partial charge in [-0.3, -0.25) is 9.59 Å². The van der Waals surface area contributed by atoms with Crippen molar-refractivity contribution in [3.05, 3.63) is 40.3 Å². The highest BCUT2D eigenvalue weighted by Crippen LogP contribution is 2.39. The Labute approximate surface area is 255 Å². The third kappa shape index (κ3) is 5.95. The second-order valence-corrected chi connectivity index (χ2v) is 10.7. The van der Waals surface area contributed by atoms with Crippen molar-refractivity contribution in [2.75, 3.05) is 58.2 Å². The van der Waals surface area contributed by atoms with E-state index in [0.717, 1.165) is 0 Å². The number of rotatable bonds is 11. The molecule has 17 heteroatoms. The molecular formula is C27H31N9O7S. The number of ether oxygens (including phenoxy) is 3. The number of hydrogen-bond donors (Lipinski definition) is 1. The van der Waals surface area contributed by atoms with Crippen LogP contribution in [0.4, 0.5) is 5.95 Å². The Bertz CT molecular complexity index is 1730. The lowest BCUT2D eigenvalue weighted by atomic mass is 10.2. The van der Waals surface area contributed by atoms with E-state index in [0.29, 0.717) is 78.2 Å². The van der Waals surface area contributed by atoms with E-state index in [-0.39, 0.29) is 23.3 Å². The van der Waals surface area contributed by atoms with Crippen LogP contribution in [0.2, 0.25) is 0 Å². The van der Waals surface area contributed by atoms with Gasteiger partial charge in [0.15, 0.2) is 11.5 Å². The number of fused-ring (bicyclic) bond motifs is 1. The van der Waals surface area contributed by atoms with Crippen molar-refractivity contribution in [3.63, 3.8) is 0 Å². The summed E-state index contributed by atoms with van der Waals surface area (Å²) in [4.78, 5) is 49.8. The van der Waals surface area contributed by atoms with Gasteiger partial charge < -0.3 is 33.7 Å². The molecule has 0 radical (unpaired) electrons. The number of aryl methyl sites for hydroxylation is 1. The van der Waals surface area contributed by atoms with Crippen molar-refractivity contribution >= 4 is 40.6 Å². The number of aromatic carboxylic acids is 1. The van der Waals surface area contributed by atoms with Gasteiger partial charge in [0.1, 0.15) is 11.2 Å². The fraction of sp³-hybridized carbons (Fsp3) is 0.407. The highest BCUT2D eigenvalue weighted by Gasteiger charge is 2.24. The summed E-state index contributed by atoms with van der Waals surface area (Å²) in [7, 11) is 4.58. The number of carbonyl (C=O) groups is 2. The summed E-state index contributed by atoms with van der Waals surface area (Å²) in [5, 5.41) is 22.0. The summed E-state index contributed by atoms with van der Waals surface area (Å²) in [6.45, 7) is 4.25. The van der Waals surface area contributed by atoms with Crippen LogP contribution in [0.25, 0.3) is 16.7 Å². The fourth-order valence-electron chi connectivity index (χ4n) is 4.87. The van der Waals surface area contributed by atoms with Gasteiger partial charge in [0.05, 0.1) is 32.4 Å². The number of carbonyl (C=O) groups excluding carboxylic acids is 1. The van der Waals surface area contributed by atoms with E-state index >= 15 is 0 Å². The van der Waals surface area contributed by atoms with Crippen LogP contribution in [-0.2, 0) is 11.3 Å². The summed E-state index contributed by atoms with van der Waals surface area (Å²) in [6, 6.07) is 3.47. The average Bonchev–Trinajstić information content (AvgIpc) is 3.52. The number of aromatic nitrogens is 7. The molecule has 0 unspecified atom stereocenters. The minimum absolute atomic E-state index is 0.00409. The number of methoxy groups -OCH3 is 3. The molecule has 5 rings (SSSR count). The second kappa shape index (κ2) is 13.2. The predicted molar refractivity (Wildman–Crippen MR) is 159 cm³/mol. The Morgan fingerprint density at radius 3 is 2.36 bits per heavy atom. The number of pyridine rings is 1. The van der Waals surface area contributed by atoms with Crippen LogP contribution in [0.5, 0.6) is 17.2 Å². The van der Waals surface area contributed by atoms with Gasteiger partial charge in [-0.15, -0.1) is 5.10 Å². The molecule has 1 amide bonds. The van der Waals surface area contributed by atoms with Gasteiger partial charge in [0, 0.05) is 69.4 Å². The van der Waals surface area contributed by atoms with Crippen molar-refractivity contribution < 1.29 is 28.9 Å². The highest BCUT2D eigenvalue weighted by molar-refractivity contribution is 7.99. The molecule has 44 heavy (non-hydrogen) atoms. The topological polar surface area (TPSA) is 180 Å². The smallest absolute Gasteiger partial charge is 0.341 e. The number of amides is 1. The number of hydrogen-bond acceptors (Lipinski definition) is 13. The zero-order valence-electron chi connectivity index (χ0n) is 24.6. The Kier molecular flexibility index (Phi) is 9.12. The molecule has 1 aliphatic rings. The van der Waals surface area contributed by atoms with Crippen molar-refractivity contribution in [1.82, 2.24) is 39.6 Å². The van der Waals surface area contributed by atoms with Crippen LogP contribution in [0, 0.1) is 0 Å². The van der Waals surface area contributed by atoms with Crippen molar-refractivity contribution in [1.29, 1.82) is 0 Å². The lowest BCUT2D eigenvalue weighted by Crippen LogP contribution is -2.49. The molecule has 232 valence electrons. The number of carboxylic acid groups (broad SMARTS) is 1. The van der Waals surface area contributed by atoms with E-state index in [2.05, 4.69) is 25.5 Å². The summed E-state index contributed by atoms with van der Waals surface area (Å²) < 4.78 is 19.4. The number of carboxylic acids is 1. The molecule has 1 aliphatic heterocycles. The van der Waals surface area contributed by atoms with Crippen LogP contribution in [-0.4, -0.2) is 110 Å². The lowest BCUT2D eigenvalue weighted by Gasteiger charge is -2.34. The van der Waals surface area contributed by atoms with Gasteiger partial charge >= 0.3 is 5.97 Å². The number of nitrogens with zero attached hydrogens (tertiary/aromatic N) is 9. The Hall–Kier alpha value is -4.93. The molecule has 3 aromatic heterocycles. The summed E-state index contributed by atoms with van der Waals surface area (Å²) in [5.74, 6) is 0.971. The molecule has 1 fully saturated rings. The number of benzene rings is 1. The van der Waals surface area contributed by atoms with Gasteiger partial charge in [-0.2, -0.15) is 9.67 Å². The van der Waals surface area contributed by atoms with Crippen molar-refractivity contribution in [2.24, 2.45) is 0 Å². The highest BCUT2D eigenvalue weighted by atomic mass is 32.2. The Balaban J connectivity index is 1.20. The second-order valence-electron chi connectivity index (χ2n) is 9.59. The molecule has 1 saturated heterocycles.